The number of carboxylic acids is 1. The molecule has 11 heteroatoms. The smallest absolute Gasteiger partial charge is 0.325 e. The van der Waals surface area contributed by atoms with Crippen molar-refractivity contribution in [3.8, 4) is 5.75 Å². The van der Waals surface area contributed by atoms with Crippen LogP contribution in [-0.4, -0.2) is 68.2 Å². The number of rotatable bonds is 12. The summed E-state index contributed by atoms with van der Waals surface area (Å²) in [4.78, 5) is 53.4. The van der Waals surface area contributed by atoms with Crippen LogP contribution in [0.3, 0.4) is 0 Å². The normalized spacial score (nSPS) is 14.2. The van der Waals surface area contributed by atoms with Crippen molar-refractivity contribution in [2.24, 2.45) is 0 Å². The van der Waals surface area contributed by atoms with E-state index >= 15 is 0 Å². The predicted molar refractivity (Wildman–Crippen MR) is 139 cm³/mol. The Morgan fingerprint density at radius 1 is 0.868 bits per heavy atom. The highest BCUT2D eigenvalue weighted by molar-refractivity contribution is 5.94. The lowest BCUT2D eigenvalue weighted by molar-refractivity contribution is -0.141. The zero-order valence-electron chi connectivity index (χ0n) is 21.1. The molecule has 3 rings (SSSR count). The molecular formula is C27H32N4O7. The fraction of sp³-hybridized carbons (Fsp3) is 0.333. The molecule has 0 bridgehead atoms. The number of fused-ring (bicyclic) bond motifs is 1. The molecule has 0 aliphatic carbocycles. The second-order valence-electron chi connectivity index (χ2n) is 9.05. The van der Waals surface area contributed by atoms with Crippen LogP contribution in [0.15, 0.2) is 54.7 Å². The Balaban J connectivity index is 1.87. The molecule has 7 N–H and O–H groups in total. The number of aromatic hydroxyl groups is 1. The highest BCUT2D eigenvalue weighted by Crippen LogP contribution is 2.19. The summed E-state index contributed by atoms with van der Waals surface area (Å²) in [6.45, 7) is 2.93. The average molecular weight is 525 g/mol. The summed E-state index contributed by atoms with van der Waals surface area (Å²) in [5.41, 5.74) is 2.17. The number of carbonyl (C=O) groups is 4. The molecule has 0 spiro atoms. The Kier molecular flexibility index (Phi) is 9.44. The van der Waals surface area contributed by atoms with Crippen LogP contribution < -0.4 is 16.0 Å². The molecule has 3 amide bonds. The maximum atomic E-state index is 13.4. The van der Waals surface area contributed by atoms with Gasteiger partial charge in [-0.1, -0.05) is 37.3 Å². The molecular weight excluding hydrogens is 492 g/mol. The summed E-state index contributed by atoms with van der Waals surface area (Å²) in [5.74, 6) is -3.35. The summed E-state index contributed by atoms with van der Waals surface area (Å²) >= 11 is 0. The Morgan fingerprint density at radius 2 is 1.47 bits per heavy atom. The van der Waals surface area contributed by atoms with Crippen LogP contribution in [0.25, 0.3) is 10.9 Å². The maximum Gasteiger partial charge on any atom is 0.325 e. The van der Waals surface area contributed by atoms with Crippen LogP contribution in [0.4, 0.5) is 0 Å². The van der Waals surface area contributed by atoms with Crippen molar-refractivity contribution < 1.29 is 34.5 Å². The van der Waals surface area contributed by atoms with E-state index in [0.717, 1.165) is 16.5 Å². The standard InChI is InChI=1S/C27H32N4O7/c1-3-23(33)26(36)31-21(12-16-8-10-18(32)11-9-16)25(35)30-22(24(34)29-15(2)27(37)38)13-17-14-28-20-7-5-4-6-19(17)20/h4-11,14-15,21-23,28,32-33H,3,12-13H2,1-2H3,(H,29,34)(H,30,35)(H,31,36)(H,37,38)/t15-,21-,22-,23?/m0/s1. The van der Waals surface area contributed by atoms with E-state index in [9.17, 15) is 34.5 Å². The minimum Gasteiger partial charge on any atom is -0.508 e. The number of phenolic OH excluding ortho intramolecular Hbond substituents is 1. The number of carboxylic acid groups (broad SMARTS) is 1. The summed E-state index contributed by atoms with van der Waals surface area (Å²) in [6.07, 6.45) is 0.585. The molecule has 0 aliphatic rings. The first kappa shape index (κ1) is 28.2. The first-order chi connectivity index (χ1) is 18.1. The number of benzene rings is 2. The number of H-pyrrole nitrogens is 1. The van der Waals surface area contributed by atoms with Gasteiger partial charge in [0.15, 0.2) is 0 Å². The summed E-state index contributed by atoms with van der Waals surface area (Å²) in [6, 6.07) is 9.93. The number of aromatic amines is 1. The van der Waals surface area contributed by atoms with E-state index in [1.165, 1.54) is 19.1 Å². The SMILES string of the molecule is CCC(O)C(=O)N[C@@H](Cc1ccc(O)cc1)C(=O)N[C@@H](Cc1c[nH]c2ccccc12)C(=O)N[C@@H](C)C(=O)O. The minimum absolute atomic E-state index is 0.0151. The Hall–Kier alpha value is -4.38. The molecule has 1 aromatic heterocycles. The Bertz CT molecular complexity index is 1290. The number of aliphatic hydroxyl groups excluding tert-OH is 1. The van der Waals surface area contributed by atoms with Crippen LogP contribution in [0, 0.1) is 0 Å². The summed E-state index contributed by atoms with van der Waals surface area (Å²) in [7, 11) is 0. The zero-order chi connectivity index (χ0) is 27.8. The van der Waals surface area contributed by atoms with E-state index in [4.69, 9.17) is 0 Å². The lowest BCUT2D eigenvalue weighted by Gasteiger charge is -2.24. The quantitative estimate of drug-likeness (QED) is 0.184. The van der Waals surface area contributed by atoms with Crippen molar-refractivity contribution in [2.75, 3.05) is 0 Å². The fourth-order valence-electron chi connectivity index (χ4n) is 3.91. The largest absolute Gasteiger partial charge is 0.508 e. The van der Waals surface area contributed by atoms with Gasteiger partial charge in [-0.25, -0.2) is 0 Å². The van der Waals surface area contributed by atoms with Crippen LogP contribution in [-0.2, 0) is 32.0 Å². The van der Waals surface area contributed by atoms with E-state index in [-0.39, 0.29) is 25.0 Å². The minimum atomic E-state index is -1.33. The molecule has 3 aromatic rings. The van der Waals surface area contributed by atoms with Crippen molar-refractivity contribution in [3.63, 3.8) is 0 Å². The van der Waals surface area contributed by atoms with E-state index in [0.29, 0.717) is 5.56 Å². The third kappa shape index (κ3) is 7.32. The molecule has 11 nitrogen and oxygen atoms in total. The first-order valence-corrected chi connectivity index (χ1v) is 12.2. The van der Waals surface area contributed by atoms with Gasteiger partial charge in [-0.05, 0) is 42.7 Å². The van der Waals surface area contributed by atoms with Crippen LogP contribution in [0.5, 0.6) is 5.75 Å². The molecule has 1 heterocycles. The molecule has 0 fully saturated rings. The van der Waals surface area contributed by atoms with Crippen molar-refractivity contribution >= 4 is 34.6 Å². The third-order valence-corrected chi connectivity index (χ3v) is 6.16. The second kappa shape index (κ2) is 12.7. The van der Waals surface area contributed by atoms with Crippen molar-refractivity contribution in [3.05, 3.63) is 65.9 Å². The monoisotopic (exact) mass is 524 g/mol. The van der Waals surface area contributed by atoms with Gasteiger partial charge in [0.1, 0.15) is 30.0 Å². The number of carbonyl (C=O) groups excluding carboxylic acids is 3. The van der Waals surface area contributed by atoms with E-state index < -0.39 is 47.9 Å². The number of aromatic nitrogens is 1. The molecule has 202 valence electrons. The average Bonchev–Trinajstić information content (AvgIpc) is 3.31. The van der Waals surface area contributed by atoms with Gasteiger partial charge in [-0.2, -0.15) is 0 Å². The summed E-state index contributed by atoms with van der Waals surface area (Å²) < 4.78 is 0. The Labute approximate surface area is 219 Å². The number of aliphatic hydroxyl groups is 1. The number of amides is 3. The van der Waals surface area contributed by atoms with Gasteiger partial charge in [-0.3, -0.25) is 19.2 Å². The second-order valence-corrected chi connectivity index (χ2v) is 9.05. The molecule has 0 saturated carbocycles. The zero-order valence-corrected chi connectivity index (χ0v) is 21.1. The predicted octanol–water partition coefficient (Wildman–Crippen LogP) is 0.988. The number of para-hydroxylation sites is 1. The highest BCUT2D eigenvalue weighted by Gasteiger charge is 2.30. The van der Waals surface area contributed by atoms with E-state index in [1.807, 2.05) is 24.3 Å². The molecule has 4 atom stereocenters. The number of phenols is 1. The van der Waals surface area contributed by atoms with Gasteiger partial charge in [0.05, 0.1) is 0 Å². The molecule has 2 aromatic carbocycles. The van der Waals surface area contributed by atoms with Gasteiger partial charge in [-0.15, -0.1) is 0 Å². The topological polar surface area (TPSA) is 181 Å². The van der Waals surface area contributed by atoms with E-state index in [2.05, 4.69) is 20.9 Å². The lowest BCUT2D eigenvalue weighted by Crippen LogP contribution is -2.57. The Morgan fingerprint density at radius 3 is 2.13 bits per heavy atom. The van der Waals surface area contributed by atoms with Crippen molar-refractivity contribution in [1.82, 2.24) is 20.9 Å². The number of hydrogen-bond donors (Lipinski definition) is 7. The van der Waals surface area contributed by atoms with Gasteiger partial charge < -0.3 is 36.3 Å². The van der Waals surface area contributed by atoms with Crippen LogP contribution in [0.1, 0.15) is 31.4 Å². The molecule has 0 saturated heterocycles. The van der Waals surface area contributed by atoms with E-state index in [1.54, 1.807) is 25.3 Å². The third-order valence-electron chi connectivity index (χ3n) is 6.16. The van der Waals surface area contributed by atoms with Gasteiger partial charge in [0, 0.05) is 29.9 Å². The first-order valence-electron chi connectivity index (χ1n) is 12.2. The molecule has 38 heavy (non-hydrogen) atoms. The molecule has 0 radical (unpaired) electrons. The van der Waals surface area contributed by atoms with Gasteiger partial charge in [0.25, 0.3) is 0 Å². The molecule has 1 unspecified atom stereocenters. The van der Waals surface area contributed by atoms with Crippen molar-refractivity contribution in [2.45, 2.75) is 57.3 Å². The van der Waals surface area contributed by atoms with Crippen molar-refractivity contribution in [1.29, 1.82) is 0 Å². The molecule has 0 aliphatic heterocycles. The van der Waals surface area contributed by atoms with Gasteiger partial charge >= 0.3 is 5.97 Å². The summed E-state index contributed by atoms with van der Waals surface area (Å²) in [5, 5.41) is 37.2. The van der Waals surface area contributed by atoms with Crippen LogP contribution in [0.2, 0.25) is 0 Å². The highest BCUT2D eigenvalue weighted by atomic mass is 16.4. The maximum absolute atomic E-state index is 13.4. The number of hydrogen-bond acceptors (Lipinski definition) is 6. The lowest BCUT2D eigenvalue weighted by atomic mass is 10.0. The van der Waals surface area contributed by atoms with Gasteiger partial charge in [0.2, 0.25) is 17.7 Å². The number of nitrogens with one attached hydrogen (secondary N) is 4. The fourth-order valence-corrected chi connectivity index (χ4v) is 3.91. The number of aliphatic carboxylic acids is 1. The van der Waals surface area contributed by atoms with Crippen LogP contribution >= 0.6 is 0 Å².